The number of rotatable bonds is 1. The van der Waals surface area contributed by atoms with Crippen molar-refractivity contribution in [1.29, 1.82) is 0 Å². The molecule has 1 heterocycles. The maximum atomic E-state index is 12.2. The minimum absolute atomic E-state index is 0.0984. The van der Waals surface area contributed by atoms with Crippen LogP contribution in [0.2, 0.25) is 0 Å². The summed E-state index contributed by atoms with van der Waals surface area (Å²) in [4.78, 5) is 14.5. The molecule has 2 rings (SSSR count). The lowest BCUT2D eigenvalue weighted by Gasteiger charge is -2.16. The molecule has 86 valence electrons. The predicted molar refractivity (Wildman–Crippen MR) is 75.1 cm³/mol. The van der Waals surface area contributed by atoms with Crippen molar-refractivity contribution in [3.8, 4) is 0 Å². The Hall–Kier alpha value is 0.130. The second-order valence-corrected chi connectivity index (χ2v) is 6.83. The topological polar surface area (TPSA) is 20.3 Å². The summed E-state index contributed by atoms with van der Waals surface area (Å²) in [5.74, 6) is 0.0984. The van der Waals surface area contributed by atoms with Gasteiger partial charge >= 0.3 is 0 Å². The molecule has 1 fully saturated rings. The molecule has 5 heteroatoms. The molecule has 1 unspecified atom stereocenters. The van der Waals surface area contributed by atoms with Crippen LogP contribution in [0.5, 0.6) is 0 Å². The van der Waals surface area contributed by atoms with Crippen molar-refractivity contribution in [1.82, 2.24) is 4.90 Å². The average Bonchev–Trinajstić information content (AvgIpc) is 2.64. The van der Waals surface area contributed by atoms with Gasteiger partial charge in [-0.3, -0.25) is 4.79 Å². The van der Waals surface area contributed by atoms with Gasteiger partial charge in [0.25, 0.3) is 5.91 Å². The van der Waals surface area contributed by atoms with Gasteiger partial charge in [0.1, 0.15) is 0 Å². The Balaban J connectivity index is 2.21. The molecule has 1 aromatic carbocycles. The van der Waals surface area contributed by atoms with Gasteiger partial charge in [0.2, 0.25) is 0 Å². The normalized spacial score (nSPS) is 20.2. The van der Waals surface area contributed by atoms with E-state index in [9.17, 15) is 4.79 Å². The fourth-order valence-electron chi connectivity index (χ4n) is 1.74. The molecule has 1 aromatic rings. The lowest BCUT2D eigenvalue weighted by atomic mass is 10.2. The highest BCUT2D eigenvalue weighted by Gasteiger charge is 2.26. The predicted octanol–water partition coefficient (Wildman–Crippen LogP) is 3.82. The molecule has 0 spiro atoms. The lowest BCUT2D eigenvalue weighted by Crippen LogP contribution is -2.29. The number of likely N-dealkylation sites (tertiary alicyclic amines) is 1. The van der Waals surface area contributed by atoms with Crippen LogP contribution < -0.4 is 0 Å². The van der Waals surface area contributed by atoms with E-state index >= 15 is 0 Å². The first kappa shape index (κ1) is 12.6. The molecule has 1 atom stereocenters. The average molecular weight is 412 g/mol. The maximum absolute atomic E-state index is 12.2. The Bertz CT molecular complexity index is 422. The maximum Gasteiger partial charge on any atom is 0.255 e. The number of alkyl halides is 1. The molecule has 1 aliphatic rings. The first-order valence-corrected chi connectivity index (χ1v) is 7.46. The van der Waals surface area contributed by atoms with Crippen LogP contribution in [0, 0.1) is 0 Å². The summed E-state index contributed by atoms with van der Waals surface area (Å²) in [5.41, 5.74) is 0.727. The van der Waals surface area contributed by atoms with Crippen LogP contribution in [-0.4, -0.2) is 28.7 Å². The Kier molecular flexibility index (Phi) is 4.08. The molecule has 0 radical (unpaired) electrons. The summed E-state index contributed by atoms with van der Waals surface area (Å²) in [6.07, 6.45) is 1.03. The number of hydrogen-bond acceptors (Lipinski definition) is 1. The van der Waals surface area contributed by atoms with Crippen molar-refractivity contribution < 1.29 is 4.79 Å². The van der Waals surface area contributed by atoms with Crippen molar-refractivity contribution in [3.63, 3.8) is 0 Å². The second-order valence-electron chi connectivity index (χ2n) is 3.76. The summed E-state index contributed by atoms with van der Waals surface area (Å²) >= 11 is 10.3. The summed E-state index contributed by atoms with van der Waals surface area (Å²) < 4.78 is 1.81. The Morgan fingerprint density at radius 2 is 2.12 bits per heavy atom. The third kappa shape index (κ3) is 2.68. The van der Waals surface area contributed by atoms with Crippen LogP contribution in [-0.2, 0) is 0 Å². The quantitative estimate of drug-likeness (QED) is 0.643. The van der Waals surface area contributed by atoms with Crippen LogP contribution in [0.4, 0.5) is 0 Å². The molecule has 1 saturated heterocycles. The van der Waals surface area contributed by atoms with Gasteiger partial charge in [-0.1, -0.05) is 31.9 Å². The molecule has 16 heavy (non-hydrogen) atoms. The van der Waals surface area contributed by atoms with E-state index in [0.29, 0.717) is 4.83 Å². The fourth-order valence-corrected chi connectivity index (χ4v) is 3.51. The molecular formula is C11H10Br3NO. The Labute approximate surface area is 120 Å². The van der Waals surface area contributed by atoms with Crippen LogP contribution in [0.3, 0.4) is 0 Å². The van der Waals surface area contributed by atoms with Gasteiger partial charge in [0.05, 0.1) is 5.56 Å². The van der Waals surface area contributed by atoms with Crippen LogP contribution in [0.25, 0.3) is 0 Å². The fraction of sp³-hybridized carbons (Fsp3) is 0.364. The third-order valence-electron chi connectivity index (χ3n) is 2.58. The van der Waals surface area contributed by atoms with Crippen molar-refractivity contribution >= 4 is 53.7 Å². The molecule has 0 saturated carbocycles. The van der Waals surface area contributed by atoms with E-state index in [1.807, 2.05) is 23.1 Å². The van der Waals surface area contributed by atoms with Crippen LogP contribution in [0.15, 0.2) is 27.1 Å². The molecule has 1 amide bonds. The number of hydrogen-bond donors (Lipinski definition) is 0. The summed E-state index contributed by atoms with van der Waals surface area (Å²) in [7, 11) is 0. The molecule has 2 nitrogen and oxygen atoms in total. The molecule has 0 aliphatic carbocycles. The van der Waals surface area contributed by atoms with Gasteiger partial charge in [0, 0.05) is 26.9 Å². The van der Waals surface area contributed by atoms with Crippen molar-refractivity contribution in [2.75, 3.05) is 13.1 Å². The monoisotopic (exact) mass is 409 g/mol. The van der Waals surface area contributed by atoms with E-state index in [-0.39, 0.29) is 5.91 Å². The van der Waals surface area contributed by atoms with E-state index in [1.165, 1.54) is 0 Å². The number of carbonyl (C=O) groups excluding carboxylic acids is 1. The van der Waals surface area contributed by atoms with Gasteiger partial charge < -0.3 is 4.90 Å². The van der Waals surface area contributed by atoms with E-state index in [4.69, 9.17) is 0 Å². The molecule has 0 N–H and O–H groups in total. The van der Waals surface area contributed by atoms with E-state index in [2.05, 4.69) is 47.8 Å². The van der Waals surface area contributed by atoms with Gasteiger partial charge in [0.15, 0.2) is 0 Å². The number of halogens is 3. The first-order valence-electron chi connectivity index (χ1n) is 4.96. The summed E-state index contributed by atoms with van der Waals surface area (Å²) in [5, 5.41) is 0. The van der Waals surface area contributed by atoms with Crippen molar-refractivity contribution in [2.45, 2.75) is 11.2 Å². The van der Waals surface area contributed by atoms with Crippen molar-refractivity contribution in [2.24, 2.45) is 0 Å². The lowest BCUT2D eigenvalue weighted by molar-refractivity contribution is 0.0792. The van der Waals surface area contributed by atoms with Crippen molar-refractivity contribution in [3.05, 3.63) is 32.7 Å². The standard InChI is InChI=1S/C11H10Br3NO/c12-7-1-2-9(10(14)5-7)11(16)15-4-3-8(13)6-15/h1-2,5,8H,3-4,6H2. The largest absolute Gasteiger partial charge is 0.337 e. The highest BCUT2D eigenvalue weighted by Crippen LogP contribution is 2.25. The summed E-state index contributed by atoms with van der Waals surface area (Å²) in [6.45, 7) is 1.62. The van der Waals surface area contributed by atoms with Gasteiger partial charge in [-0.2, -0.15) is 0 Å². The van der Waals surface area contributed by atoms with Gasteiger partial charge in [-0.15, -0.1) is 0 Å². The van der Waals surface area contributed by atoms with Crippen LogP contribution in [0.1, 0.15) is 16.8 Å². The zero-order chi connectivity index (χ0) is 11.7. The number of nitrogens with zero attached hydrogens (tertiary/aromatic N) is 1. The van der Waals surface area contributed by atoms with Gasteiger partial charge in [-0.25, -0.2) is 0 Å². The number of amides is 1. The minimum Gasteiger partial charge on any atom is -0.337 e. The number of benzene rings is 1. The molecule has 1 aliphatic heterocycles. The highest BCUT2D eigenvalue weighted by molar-refractivity contribution is 9.11. The van der Waals surface area contributed by atoms with E-state index < -0.39 is 0 Å². The second kappa shape index (κ2) is 5.19. The van der Waals surface area contributed by atoms with E-state index in [0.717, 1.165) is 34.0 Å². The third-order valence-corrected chi connectivity index (χ3v) is 4.48. The van der Waals surface area contributed by atoms with E-state index in [1.54, 1.807) is 0 Å². The Morgan fingerprint density at radius 1 is 1.38 bits per heavy atom. The zero-order valence-corrected chi connectivity index (χ0v) is 13.2. The molecule has 0 bridgehead atoms. The molecule has 0 aromatic heterocycles. The Morgan fingerprint density at radius 3 is 2.69 bits per heavy atom. The summed E-state index contributed by atoms with van der Waals surface area (Å²) in [6, 6.07) is 5.63. The zero-order valence-electron chi connectivity index (χ0n) is 8.42. The highest BCUT2D eigenvalue weighted by atomic mass is 79.9. The first-order chi connectivity index (χ1) is 7.58. The van der Waals surface area contributed by atoms with Crippen LogP contribution >= 0.6 is 47.8 Å². The van der Waals surface area contributed by atoms with Gasteiger partial charge in [-0.05, 0) is 40.5 Å². The SMILES string of the molecule is O=C(c1ccc(Br)cc1Br)N1CCC(Br)C1. The minimum atomic E-state index is 0.0984. The molecular weight excluding hydrogens is 402 g/mol. The number of carbonyl (C=O) groups is 1. The smallest absolute Gasteiger partial charge is 0.255 e.